The van der Waals surface area contributed by atoms with Gasteiger partial charge in [0, 0.05) is 5.39 Å². The fraction of sp³-hybridized carbons (Fsp3) is 0.154. The Bertz CT molecular complexity index is 723. The molecule has 0 bridgehead atoms. The minimum absolute atomic E-state index is 0.0466. The van der Waals surface area contributed by atoms with Crippen LogP contribution in [-0.4, -0.2) is 34.6 Å². The molecule has 0 aliphatic rings. The molecule has 0 saturated heterocycles. The van der Waals surface area contributed by atoms with Crippen molar-refractivity contribution in [1.82, 2.24) is 10.3 Å². The summed E-state index contributed by atoms with van der Waals surface area (Å²) in [5.41, 5.74) is 4.52. The number of rotatable bonds is 4. The minimum atomic E-state index is -1.47. The Morgan fingerprint density at radius 3 is 2.75 bits per heavy atom. The third-order valence-electron chi connectivity index (χ3n) is 2.78. The molecule has 0 radical (unpaired) electrons. The number of nitrogens with one attached hydrogen (secondary N) is 2. The van der Waals surface area contributed by atoms with Crippen LogP contribution in [0.1, 0.15) is 10.5 Å². The van der Waals surface area contributed by atoms with Gasteiger partial charge in [0.25, 0.3) is 11.5 Å². The number of carbonyl (C=O) groups excluding carboxylic acids is 2. The highest BCUT2D eigenvalue weighted by molar-refractivity contribution is 5.96. The fourth-order valence-electron chi connectivity index (χ4n) is 1.72. The first-order valence-electron chi connectivity index (χ1n) is 5.86. The first-order chi connectivity index (χ1) is 9.49. The number of aromatic nitrogens is 1. The molecule has 7 heteroatoms. The zero-order valence-electron chi connectivity index (χ0n) is 10.4. The molecule has 1 heterocycles. The highest BCUT2D eigenvalue weighted by Crippen LogP contribution is 2.09. The summed E-state index contributed by atoms with van der Waals surface area (Å²) in [6.07, 6.45) is -1.47. The van der Waals surface area contributed by atoms with Gasteiger partial charge in [-0.3, -0.25) is 14.4 Å². The Hall–Kier alpha value is -2.67. The van der Waals surface area contributed by atoms with Gasteiger partial charge in [-0.05, 0) is 17.5 Å². The van der Waals surface area contributed by atoms with Gasteiger partial charge in [-0.2, -0.15) is 0 Å². The lowest BCUT2D eigenvalue weighted by atomic mass is 10.1. The molecule has 0 fully saturated rings. The Balaban J connectivity index is 2.23. The average molecular weight is 275 g/mol. The molecule has 1 unspecified atom stereocenters. The molecular weight excluding hydrogens is 262 g/mol. The number of fused-ring (bicyclic) bond motifs is 1. The number of aliphatic hydroxyl groups excluding tert-OH is 1. The number of nitrogens with two attached hydrogens (primary N) is 1. The second-order valence-corrected chi connectivity index (χ2v) is 4.23. The van der Waals surface area contributed by atoms with E-state index in [4.69, 9.17) is 5.73 Å². The highest BCUT2D eigenvalue weighted by atomic mass is 16.3. The van der Waals surface area contributed by atoms with Crippen molar-refractivity contribution in [2.75, 3.05) is 6.54 Å². The van der Waals surface area contributed by atoms with Crippen molar-refractivity contribution in [3.63, 3.8) is 0 Å². The van der Waals surface area contributed by atoms with Gasteiger partial charge in [0.15, 0.2) is 0 Å². The van der Waals surface area contributed by atoms with E-state index < -0.39 is 17.9 Å². The average Bonchev–Trinajstić information content (AvgIpc) is 2.44. The van der Waals surface area contributed by atoms with Crippen LogP contribution in [0.3, 0.4) is 0 Å². The predicted octanol–water partition coefficient (Wildman–Crippen LogP) is -0.896. The Morgan fingerprint density at radius 2 is 2.05 bits per heavy atom. The molecule has 104 valence electrons. The second kappa shape index (κ2) is 5.54. The number of hydrogen-bond acceptors (Lipinski definition) is 4. The third kappa shape index (κ3) is 2.83. The van der Waals surface area contributed by atoms with E-state index >= 15 is 0 Å². The molecule has 1 atom stereocenters. The highest BCUT2D eigenvalue weighted by Gasteiger charge is 2.14. The normalized spacial score (nSPS) is 12.1. The number of H-pyrrole nitrogens is 1. The van der Waals surface area contributed by atoms with Crippen LogP contribution in [-0.2, 0) is 4.79 Å². The summed E-state index contributed by atoms with van der Waals surface area (Å²) in [6.45, 7) is -0.316. The molecule has 2 rings (SSSR count). The molecule has 1 aromatic heterocycles. The van der Waals surface area contributed by atoms with Gasteiger partial charge in [-0.1, -0.05) is 18.2 Å². The number of carbonyl (C=O) groups is 2. The molecule has 5 N–H and O–H groups in total. The van der Waals surface area contributed by atoms with Crippen LogP contribution in [0.15, 0.2) is 35.1 Å². The number of aromatic amines is 1. The topological polar surface area (TPSA) is 125 Å². The van der Waals surface area contributed by atoms with E-state index in [1.54, 1.807) is 24.3 Å². The SMILES string of the molecule is NC(=O)C(O)CNC(=O)c1cc2ccccc2c(=O)[nH]1. The van der Waals surface area contributed by atoms with Crippen LogP contribution in [0.4, 0.5) is 0 Å². The monoisotopic (exact) mass is 275 g/mol. The maximum atomic E-state index is 11.8. The van der Waals surface area contributed by atoms with Gasteiger partial charge >= 0.3 is 0 Å². The van der Waals surface area contributed by atoms with Gasteiger partial charge in [0.05, 0.1) is 6.54 Å². The first kappa shape index (κ1) is 13.8. The van der Waals surface area contributed by atoms with Gasteiger partial charge in [-0.15, -0.1) is 0 Å². The molecule has 7 nitrogen and oxygen atoms in total. The van der Waals surface area contributed by atoms with Crippen LogP contribution in [0.2, 0.25) is 0 Å². The maximum Gasteiger partial charge on any atom is 0.267 e. The molecule has 2 amide bonds. The van der Waals surface area contributed by atoms with E-state index in [0.717, 1.165) is 0 Å². The lowest BCUT2D eigenvalue weighted by Gasteiger charge is -2.08. The smallest absolute Gasteiger partial charge is 0.267 e. The van der Waals surface area contributed by atoms with Crippen LogP contribution < -0.4 is 16.6 Å². The van der Waals surface area contributed by atoms with Crippen molar-refractivity contribution in [1.29, 1.82) is 0 Å². The van der Waals surface area contributed by atoms with E-state index in [1.165, 1.54) is 6.07 Å². The van der Waals surface area contributed by atoms with Crippen molar-refractivity contribution in [2.45, 2.75) is 6.10 Å². The Morgan fingerprint density at radius 1 is 1.35 bits per heavy atom. The lowest BCUT2D eigenvalue weighted by Crippen LogP contribution is -2.40. The van der Waals surface area contributed by atoms with Gasteiger partial charge in [-0.25, -0.2) is 0 Å². The van der Waals surface area contributed by atoms with Crippen molar-refractivity contribution in [2.24, 2.45) is 5.73 Å². The first-order valence-corrected chi connectivity index (χ1v) is 5.86. The summed E-state index contributed by atoms with van der Waals surface area (Å²) in [5.74, 6) is -1.54. The van der Waals surface area contributed by atoms with Gasteiger partial charge in [0.1, 0.15) is 11.8 Å². The number of amides is 2. The standard InChI is InChI=1S/C13H13N3O4/c14-11(18)10(17)6-15-13(20)9-5-7-3-1-2-4-8(7)12(19)16-9/h1-5,10,17H,6H2,(H2,14,18)(H,15,20)(H,16,19). The molecule has 0 saturated carbocycles. The summed E-state index contributed by atoms with van der Waals surface area (Å²) in [6, 6.07) is 8.34. The van der Waals surface area contributed by atoms with Crippen LogP contribution >= 0.6 is 0 Å². The van der Waals surface area contributed by atoms with E-state index in [1.807, 2.05) is 0 Å². The zero-order chi connectivity index (χ0) is 14.7. The Labute approximate surface area is 113 Å². The maximum absolute atomic E-state index is 11.8. The van der Waals surface area contributed by atoms with Gasteiger partial charge in [0.2, 0.25) is 5.91 Å². The number of primary amides is 1. The van der Waals surface area contributed by atoms with Crippen LogP contribution in [0.5, 0.6) is 0 Å². The van der Waals surface area contributed by atoms with E-state index in [-0.39, 0.29) is 17.8 Å². The molecule has 20 heavy (non-hydrogen) atoms. The van der Waals surface area contributed by atoms with Crippen LogP contribution in [0, 0.1) is 0 Å². The number of benzene rings is 1. The quantitative estimate of drug-likeness (QED) is 0.577. The fourth-order valence-corrected chi connectivity index (χ4v) is 1.72. The van der Waals surface area contributed by atoms with Crippen molar-refractivity contribution >= 4 is 22.6 Å². The zero-order valence-corrected chi connectivity index (χ0v) is 10.4. The van der Waals surface area contributed by atoms with Crippen LogP contribution in [0.25, 0.3) is 10.8 Å². The molecule has 0 spiro atoms. The second-order valence-electron chi connectivity index (χ2n) is 4.23. The van der Waals surface area contributed by atoms with Crippen molar-refractivity contribution in [3.8, 4) is 0 Å². The summed E-state index contributed by atoms with van der Waals surface area (Å²) in [4.78, 5) is 36.7. The molecule has 1 aromatic carbocycles. The molecule has 0 aliphatic heterocycles. The van der Waals surface area contributed by atoms with E-state index in [9.17, 15) is 19.5 Å². The van der Waals surface area contributed by atoms with Crippen molar-refractivity contribution < 1.29 is 14.7 Å². The lowest BCUT2D eigenvalue weighted by molar-refractivity contribution is -0.125. The summed E-state index contributed by atoms with van der Waals surface area (Å²) in [5, 5.41) is 12.6. The molecular formula is C13H13N3O4. The third-order valence-corrected chi connectivity index (χ3v) is 2.78. The summed E-state index contributed by atoms with van der Waals surface area (Å²) >= 11 is 0. The van der Waals surface area contributed by atoms with Gasteiger partial charge < -0.3 is 21.1 Å². The minimum Gasteiger partial charge on any atom is -0.381 e. The summed E-state index contributed by atoms with van der Waals surface area (Å²) in [7, 11) is 0. The number of pyridine rings is 1. The molecule has 2 aromatic rings. The number of aliphatic hydroxyl groups is 1. The largest absolute Gasteiger partial charge is 0.381 e. The molecule has 0 aliphatic carbocycles. The summed E-state index contributed by atoms with van der Waals surface area (Å²) < 4.78 is 0. The predicted molar refractivity (Wildman–Crippen MR) is 72.1 cm³/mol. The number of hydrogen-bond donors (Lipinski definition) is 4. The van der Waals surface area contributed by atoms with Crippen molar-refractivity contribution in [3.05, 3.63) is 46.4 Å². The Kier molecular flexibility index (Phi) is 3.81. The van der Waals surface area contributed by atoms with E-state index in [0.29, 0.717) is 10.8 Å². The van der Waals surface area contributed by atoms with E-state index in [2.05, 4.69) is 10.3 Å².